The molecule has 8 nitrogen and oxygen atoms in total. The van der Waals surface area contributed by atoms with Gasteiger partial charge in [-0.05, 0) is 44.2 Å². The van der Waals surface area contributed by atoms with Gasteiger partial charge in [0.25, 0.3) is 11.8 Å². The molecule has 134 valence electrons. The molecule has 0 unspecified atom stereocenters. The monoisotopic (exact) mass is 354 g/mol. The van der Waals surface area contributed by atoms with Crippen molar-refractivity contribution in [2.45, 2.75) is 20.5 Å². The molecule has 0 aliphatic rings. The maximum atomic E-state index is 12.2. The van der Waals surface area contributed by atoms with Gasteiger partial charge in [-0.25, -0.2) is 0 Å². The van der Waals surface area contributed by atoms with Gasteiger partial charge < -0.3 is 14.2 Å². The second-order valence-electron chi connectivity index (χ2n) is 5.61. The Hall–Kier alpha value is -3.55. The number of rotatable bonds is 5. The molecule has 0 saturated heterocycles. The minimum atomic E-state index is -0.451. The van der Waals surface area contributed by atoms with Crippen LogP contribution in [-0.4, -0.2) is 22.0 Å². The number of ether oxygens (including phenoxy) is 1. The van der Waals surface area contributed by atoms with E-state index in [9.17, 15) is 9.59 Å². The number of carbonyl (C=O) groups is 2. The Balaban J connectivity index is 1.59. The van der Waals surface area contributed by atoms with Crippen molar-refractivity contribution in [2.24, 2.45) is 0 Å². The molecule has 2 amide bonds. The maximum absolute atomic E-state index is 12.2. The summed E-state index contributed by atoms with van der Waals surface area (Å²) in [6.07, 6.45) is 1.62. The van der Waals surface area contributed by atoms with Crippen LogP contribution in [0.3, 0.4) is 0 Å². The molecule has 3 rings (SSSR count). The predicted molar refractivity (Wildman–Crippen MR) is 92.5 cm³/mol. The molecule has 0 bridgehead atoms. The van der Waals surface area contributed by atoms with Crippen molar-refractivity contribution in [3.8, 4) is 5.75 Å². The van der Waals surface area contributed by atoms with Gasteiger partial charge in [-0.1, -0.05) is 11.2 Å². The summed E-state index contributed by atoms with van der Waals surface area (Å²) in [5, 5.41) is 3.87. The van der Waals surface area contributed by atoms with E-state index in [1.807, 2.05) is 13.8 Å². The molecule has 0 spiro atoms. The number of aryl methyl sites for hydroxylation is 2. The lowest BCUT2D eigenvalue weighted by atomic mass is 10.2. The molecule has 26 heavy (non-hydrogen) atoms. The molecule has 0 aliphatic heterocycles. The third-order valence-corrected chi connectivity index (χ3v) is 3.79. The van der Waals surface area contributed by atoms with Crippen LogP contribution in [0.2, 0.25) is 0 Å². The van der Waals surface area contributed by atoms with Crippen LogP contribution in [0.1, 0.15) is 37.9 Å². The SMILES string of the molecule is Cc1noc(C)c1COc1cccc(C(=O)NNC(=O)c2ccc[nH]2)c1. The molecule has 0 saturated carbocycles. The minimum absolute atomic E-state index is 0.287. The molecule has 0 radical (unpaired) electrons. The molecular weight excluding hydrogens is 336 g/mol. The van der Waals surface area contributed by atoms with Crippen LogP contribution in [0.4, 0.5) is 0 Å². The summed E-state index contributed by atoms with van der Waals surface area (Å²) in [4.78, 5) is 26.8. The number of carbonyl (C=O) groups excluding carboxylic acids is 2. The Morgan fingerprint density at radius 1 is 1.15 bits per heavy atom. The van der Waals surface area contributed by atoms with E-state index in [4.69, 9.17) is 9.26 Å². The Morgan fingerprint density at radius 2 is 1.96 bits per heavy atom. The van der Waals surface area contributed by atoms with E-state index in [0.717, 1.165) is 11.3 Å². The van der Waals surface area contributed by atoms with E-state index < -0.39 is 11.8 Å². The van der Waals surface area contributed by atoms with E-state index in [0.29, 0.717) is 22.8 Å². The number of aromatic nitrogens is 2. The summed E-state index contributed by atoms with van der Waals surface area (Å²) in [7, 11) is 0. The standard InChI is InChI=1S/C18H18N4O4/c1-11-15(12(2)26-22-11)10-25-14-6-3-5-13(9-14)17(23)20-21-18(24)16-7-4-8-19-16/h3-9,19H,10H2,1-2H3,(H,20,23)(H,21,24). The van der Waals surface area contributed by atoms with Crippen LogP contribution in [-0.2, 0) is 6.61 Å². The van der Waals surface area contributed by atoms with Crippen LogP contribution in [0, 0.1) is 13.8 Å². The second-order valence-corrected chi connectivity index (χ2v) is 5.61. The number of nitrogens with zero attached hydrogens (tertiary/aromatic N) is 1. The maximum Gasteiger partial charge on any atom is 0.286 e. The average Bonchev–Trinajstić information content (AvgIpc) is 3.29. The summed E-state index contributed by atoms with van der Waals surface area (Å²) in [6.45, 7) is 3.94. The van der Waals surface area contributed by atoms with Gasteiger partial charge in [0.15, 0.2) is 0 Å². The quantitative estimate of drug-likeness (QED) is 0.609. The minimum Gasteiger partial charge on any atom is -0.489 e. The van der Waals surface area contributed by atoms with E-state index in [-0.39, 0.29) is 6.61 Å². The highest BCUT2D eigenvalue weighted by atomic mass is 16.5. The van der Waals surface area contributed by atoms with Crippen LogP contribution in [0.25, 0.3) is 0 Å². The van der Waals surface area contributed by atoms with E-state index in [2.05, 4.69) is 21.0 Å². The first-order valence-corrected chi connectivity index (χ1v) is 7.93. The third kappa shape index (κ3) is 3.92. The lowest BCUT2D eigenvalue weighted by Crippen LogP contribution is -2.41. The number of aromatic amines is 1. The van der Waals surface area contributed by atoms with Gasteiger partial charge in [0.2, 0.25) is 0 Å². The Kier molecular flexibility index (Phi) is 5.02. The Morgan fingerprint density at radius 3 is 2.65 bits per heavy atom. The first-order chi connectivity index (χ1) is 12.5. The highest BCUT2D eigenvalue weighted by molar-refractivity contribution is 5.98. The summed E-state index contributed by atoms with van der Waals surface area (Å²) in [5.74, 6) is 0.332. The molecule has 3 N–H and O–H groups in total. The largest absolute Gasteiger partial charge is 0.489 e. The molecular formula is C18H18N4O4. The highest BCUT2D eigenvalue weighted by Crippen LogP contribution is 2.18. The van der Waals surface area contributed by atoms with Gasteiger partial charge in [0.1, 0.15) is 23.8 Å². The number of hydrogen-bond acceptors (Lipinski definition) is 5. The Labute approximate surface area is 149 Å². The van der Waals surface area contributed by atoms with E-state index in [1.54, 1.807) is 42.6 Å². The van der Waals surface area contributed by atoms with Crippen molar-refractivity contribution < 1.29 is 18.8 Å². The van der Waals surface area contributed by atoms with E-state index in [1.165, 1.54) is 0 Å². The zero-order valence-corrected chi connectivity index (χ0v) is 14.3. The van der Waals surface area contributed by atoms with Gasteiger partial charge in [-0.2, -0.15) is 0 Å². The van der Waals surface area contributed by atoms with Gasteiger partial charge >= 0.3 is 0 Å². The smallest absolute Gasteiger partial charge is 0.286 e. The molecule has 2 heterocycles. The van der Waals surface area contributed by atoms with Crippen LogP contribution >= 0.6 is 0 Å². The fourth-order valence-electron chi connectivity index (χ4n) is 2.32. The molecule has 8 heteroatoms. The summed E-state index contributed by atoms with van der Waals surface area (Å²) < 4.78 is 10.8. The van der Waals surface area contributed by atoms with Gasteiger partial charge in [-0.15, -0.1) is 0 Å². The molecule has 1 aromatic carbocycles. The van der Waals surface area contributed by atoms with Crippen molar-refractivity contribution in [3.05, 3.63) is 70.9 Å². The average molecular weight is 354 g/mol. The number of amides is 2. The Bertz CT molecular complexity index is 896. The summed E-state index contributed by atoms with van der Waals surface area (Å²) in [5.41, 5.74) is 7.05. The topological polar surface area (TPSA) is 109 Å². The van der Waals surface area contributed by atoms with Crippen LogP contribution < -0.4 is 15.6 Å². The first kappa shape index (κ1) is 17.3. The highest BCUT2D eigenvalue weighted by Gasteiger charge is 2.12. The molecule has 3 aromatic rings. The third-order valence-electron chi connectivity index (χ3n) is 3.79. The van der Waals surface area contributed by atoms with Gasteiger partial charge in [0.05, 0.1) is 11.3 Å². The second kappa shape index (κ2) is 7.56. The zero-order valence-electron chi connectivity index (χ0n) is 14.3. The van der Waals surface area contributed by atoms with Crippen molar-refractivity contribution in [1.82, 2.24) is 21.0 Å². The molecule has 0 fully saturated rings. The van der Waals surface area contributed by atoms with Crippen molar-refractivity contribution in [2.75, 3.05) is 0 Å². The van der Waals surface area contributed by atoms with Crippen molar-refractivity contribution >= 4 is 11.8 Å². The van der Waals surface area contributed by atoms with Gasteiger partial charge in [0, 0.05) is 11.8 Å². The lowest BCUT2D eigenvalue weighted by Gasteiger charge is -2.09. The number of H-pyrrole nitrogens is 1. The zero-order chi connectivity index (χ0) is 18.5. The van der Waals surface area contributed by atoms with Crippen molar-refractivity contribution in [1.29, 1.82) is 0 Å². The van der Waals surface area contributed by atoms with E-state index >= 15 is 0 Å². The van der Waals surface area contributed by atoms with Gasteiger partial charge in [-0.3, -0.25) is 20.4 Å². The summed E-state index contributed by atoms with van der Waals surface area (Å²) in [6, 6.07) is 9.95. The number of benzene rings is 1. The van der Waals surface area contributed by atoms with Crippen LogP contribution in [0.15, 0.2) is 47.1 Å². The molecule has 0 aliphatic carbocycles. The number of nitrogens with one attached hydrogen (secondary N) is 3. The van der Waals surface area contributed by atoms with Crippen molar-refractivity contribution in [3.63, 3.8) is 0 Å². The number of hydrogen-bond donors (Lipinski definition) is 3. The predicted octanol–water partition coefficient (Wildman–Crippen LogP) is 2.27. The van der Waals surface area contributed by atoms with Crippen LogP contribution in [0.5, 0.6) is 5.75 Å². The first-order valence-electron chi connectivity index (χ1n) is 7.93. The fourth-order valence-corrected chi connectivity index (χ4v) is 2.32. The fraction of sp³-hybridized carbons (Fsp3) is 0.167. The molecule has 0 atom stereocenters. The summed E-state index contributed by atoms with van der Waals surface area (Å²) >= 11 is 0. The normalized spacial score (nSPS) is 10.4. The molecule has 2 aromatic heterocycles. The number of hydrazine groups is 1. The lowest BCUT2D eigenvalue weighted by molar-refractivity contribution is 0.0844.